The highest BCUT2D eigenvalue weighted by Gasteiger charge is 2.37. The van der Waals surface area contributed by atoms with Crippen LogP contribution >= 0.6 is 11.8 Å². The summed E-state index contributed by atoms with van der Waals surface area (Å²) >= 11 is 2.16. The first-order valence-corrected chi connectivity index (χ1v) is 7.04. The molecule has 1 aliphatic heterocycles. The minimum Gasteiger partial charge on any atom is -0.162 e. The van der Waals surface area contributed by atoms with Crippen molar-refractivity contribution in [1.29, 1.82) is 0 Å². The molecule has 1 heterocycles. The van der Waals surface area contributed by atoms with E-state index in [9.17, 15) is 0 Å². The Morgan fingerprint density at radius 3 is 2.15 bits per heavy atom. The molecule has 0 aromatic carbocycles. The molecule has 0 aromatic heterocycles. The van der Waals surface area contributed by atoms with Crippen molar-refractivity contribution >= 4 is 11.8 Å². The SMILES string of the molecule is CC.CC1CCC2(CCSCC2)C1. The molecule has 1 saturated carbocycles. The topological polar surface area (TPSA) is 0 Å². The van der Waals surface area contributed by atoms with Crippen LogP contribution in [0.4, 0.5) is 0 Å². The molecule has 1 unspecified atom stereocenters. The van der Waals surface area contributed by atoms with Gasteiger partial charge in [0.05, 0.1) is 0 Å². The lowest BCUT2D eigenvalue weighted by Gasteiger charge is -2.33. The molecule has 2 aliphatic rings. The lowest BCUT2D eigenvalue weighted by molar-refractivity contribution is 0.262. The molecule has 0 N–H and O–H groups in total. The fourth-order valence-electron chi connectivity index (χ4n) is 2.75. The summed E-state index contributed by atoms with van der Waals surface area (Å²) in [5.74, 6) is 3.90. The quantitative estimate of drug-likeness (QED) is 0.560. The van der Waals surface area contributed by atoms with Crippen molar-refractivity contribution < 1.29 is 0 Å². The molecule has 1 saturated heterocycles. The third-order valence-corrected chi connectivity index (χ3v) is 4.49. The van der Waals surface area contributed by atoms with E-state index in [-0.39, 0.29) is 0 Å². The number of thioether (sulfide) groups is 1. The third-order valence-electron chi connectivity index (χ3n) is 3.50. The summed E-state index contributed by atoms with van der Waals surface area (Å²) in [5, 5.41) is 0. The predicted molar refractivity (Wildman–Crippen MR) is 63.4 cm³/mol. The van der Waals surface area contributed by atoms with E-state index >= 15 is 0 Å². The van der Waals surface area contributed by atoms with Gasteiger partial charge in [-0.2, -0.15) is 11.8 Å². The number of hydrogen-bond acceptors (Lipinski definition) is 1. The highest BCUT2D eigenvalue weighted by Crippen LogP contribution is 2.49. The van der Waals surface area contributed by atoms with Gasteiger partial charge in [-0.3, -0.25) is 0 Å². The maximum absolute atomic E-state index is 2.43. The van der Waals surface area contributed by atoms with Gasteiger partial charge in [-0.25, -0.2) is 0 Å². The predicted octanol–water partition coefficient (Wildman–Crippen LogP) is 4.35. The molecule has 1 heteroatoms. The van der Waals surface area contributed by atoms with E-state index in [0.29, 0.717) is 0 Å². The van der Waals surface area contributed by atoms with E-state index in [1.54, 1.807) is 0 Å². The standard InChI is InChI=1S/C10H18S.C2H6/c1-9-2-3-10(8-9)4-6-11-7-5-10;1-2/h9H,2-8H2,1H3;1-2H3. The summed E-state index contributed by atoms with van der Waals surface area (Å²) in [6, 6.07) is 0. The van der Waals surface area contributed by atoms with Crippen LogP contribution in [-0.4, -0.2) is 11.5 Å². The van der Waals surface area contributed by atoms with Crippen LogP contribution in [0, 0.1) is 11.3 Å². The van der Waals surface area contributed by atoms with Gasteiger partial charge in [-0.1, -0.05) is 27.2 Å². The van der Waals surface area contributed by atoms with E-state index in [1.165, 1.54) is 43.6 Å². The number of rotatable bonds is 0. The van der Waals surface area contributed by atoms with Gasteiger partial charge >= 0.3 is 0 Å². The molecule has 0 radical (unpaired) electrons. The second-order valence-corrected chi connectivity index (χ2v) is 5.69. The smallest absolute Gasteiger partial charge is 0.00622 e. The van der Waals surface area contributed by atoms with Gasteiger partial charge in [0, 0.05) is 0 Å². The van der Waals surface area contributed by atoms with Gasteiger partial charge < -0.3 is 0 Å². The largest absolute Gasteiger partial charge is 0.162 e. The first kappa shape index (κ1) is 11.4. The summed E-state index contributed by atoms with van der Waals surface area (Å²) in [5.41, 5.74) is 0.824. The van der Waals surface area contributed by atoms with Crippen LogP contribution in [0.1, 0.15) is 52.9 Å². The Bertz CT molecular complexity index is 131. The van der Waals surface area contributed by atoms with Crippen molar-refractivity contribution in [3.05, 3.63) is 0 Å². The molecule has 2 rings (SSSR count). The zero-order valence-electron chi connectivity index (χ0n) is 9.44. The highest BCUT2D eigenvalue weighted by atomic mass is 32.2. The van der Waals surface area contributed by atoms with E-state index < -0.39 is 0 Å². The van der Waals surface area contributed by atoms with Crippen molar-refractivity contribution in [1.82, 2.24) is 0 Å². The summed E-state index contributed by atoms with van der Waals surface area (Å²) in [6.45, 7) is 6.43. The van der Waals surface area contributed by atoms with Crippen molar-refractivity contribution in [2.75, 3.05) is 11.5 Å². The average Bonchev–Trinajstić information content (AvgIpc) is 2.52. The van der Waals surface area contributed by atoms with E-state index in [2.05, 4.69) is 18.7 Å². The van der Waals surface area contributed by atoms with Gasteiger partial charge in [0.15, 0.2) is 0 Å². The minimum absolute atomic E-state index is 0.824. The lowest BCUT2D eigenvalue weighted by Crippen LogP contribution is -2.22. The highest BCUT2D eigenvalue weighted by molar-refractivity contribution is 7.99. The monoisotopic (exact) mass is 200 g/mol. The molecular weight excluding hydrogens is 176 g/mol. The molecule has 78 valence electrons. The molecule has 1 aliphatic carbocycles. The Hall–Kier alpha value is 0.350. The van der Waals surface area contributed by atoms with E-state index in [0.717, 1.165) is 11.3 Å². The van der Waals surface area contributed by atoms with Crippen LogP contribution < -0.4 is 0 Å². The normalized spacial score (nSPS) is 31.2. The average molecular weight is 200 g/mol. The van der Waals surface area contributed by atoms with Crippen LogP contribution in [0.5, 0.6) is 0 Å². The van der Waals surface area contributed by atoms with Gasteiger partial charge in [-0.15, -0.1) is 0 Å². The van der Waals surface area contributed by atoms with Gasteiger partial charge in [0.2, 0.25) is 0 Å². The van der Waals surface area contributed by atoms with E-state index in [4.69, 9.17) is 0 Å². The molecule has 1 spiro atoms. The molecular formula is C12H24S. The van der Waals surface area contributed by atoms with Crippen LogP contribution in [0.15, 0.2) is 0 Å². The first-order valence-electron chi connectivity index (χ1n) is 5.89. The maximum Gasteiger partial charge on any atom is -0.00622 e. The van der Waals surface area contributed by atoms with Crippen molar-refractivity contribution in [2.24, 2.45) is 11.3 Å². The minimum atomic E-state index is 0.824. The Morgan fingerprint density at radius 2 is 1.69 bits per heavy atom. The molecule has 1 atom stereocenters. The maximum atomic E-state index is 2.43. The van der Waals surface area contributed by atoms with Crippen molar-refractivity contribution in [2.45, 2.75) is 52.9 Å². The fraction of sp³-hybridized carbons (Fsp3) is 1.00. The van der Waals surface area contributed by atoms with Crippen molar-refractivity contribution in [3.63, 3.8) is 0 Å². The molecule has 0 amide bonds. The first-order chi connectivity index (χ1) is 6.31. The zero-order valence-corrected chi connectivity index (χ0v) is 10.3. The van der Waals surface area contributed by atoms with Crippen LogP contribution in [-0.2, 0) is 0 Å². The van der Waals surface area contributed by atoms with E-state index in [1.807, 2.05) is 13.8 Å². The van der Waals surface area contributed by atoms with Gasteiger partial charge in [0.25, 0.3) is 0 Å². The summed E-state index contributed by atoms with van der Waals surface area (Å²) in [4.78, 5) is 0. The molecule has 0 nitrogen and oxygen atoms in total. The zero-order chi connectivity index (χ0) is 9.73. The van der Waals surface area contributed by atoms with Crippen LogP contribution in [0.25, 0.3) is 0 Å². The van der Waals surface area contributed by atoms with Crippen LogP contribution in [0.2, 0.25) is 0 Å². The Kier molecular flexibility index (Phi) is 4.64. The third kappa shape index (κ3) is 2.90. The Morgan fingerprint density at radius 1 is 1.08 bits per heavy atom. The summed E-state index contributed by atoms with van der Waals surface area (Å²) in [6.07, 6.45) is 7.61. The van der Waals surface area contributed by atoms with Crippen molar-refractivity contribution in [3.8, 4) is 0 Å². The summed E-state index contributed by atoms with van der Waals surface area (Å²) < 4.78 is 0. The molecule has 2 fully saturated rings. The van der Waals surface area contributed by atoms with Crippen LogP contribution in [0.3, 0.4) is 0 Å². The number of hydrogen-bond donors (Lipinski definition) is 0. The second kappa shape index (κ2) is 5.29. The lowest BCUT2D eigenvalue weighted by atomic mass is 9.80. The Labute approximate surface area is 87.9 Å². The fourth-order valence-corrected chi connectivity index (χ4v) is 4.11. The molecule has 13 heavy (non-hydrogen) atoms. The molecule has 0 bridgehead atoms. The molecule has 0 aromatic rings. The Balaban J connectivity index is 0.000000396. The summed E-state index contributed by atoms with van der Waals surface area (Å²) in [7, 11) is 0. The van der Waals surface area contributed by atoms with Gasteiger partial charge in [-0.05, 0) is 48.5 Å². The second-order valence-electron chi connectivity index (χ2n) is 4.46. The van der Waals surface area contributed by atoms with Gasteiger partial charge in [0.1, 0.15) is 0 Å².